The van der Waals surface area contributed by atoms with Crippen molar-refractivity contribution in [2.75, 3.05) is 24.3 Å². The van der Waals surface area contributed by atoms with Crippen LogP contribution in [0, 0.1) is 0 Å². The number of hydrogen-bond donors (Lipinski definition) is 2. The van der Waals surface area contributed by atoms with Crippen molar-refractivity contribution in [3.8, 4) is 5.75 Å². The van der Waals surface area contributed by atoms with Crippen molar-refractivity contribution in [2.24, 2.45) is 0 Å². The highest BCUT2D eigenvalue weighted by Gasteiger charge is 2.14. The number of hydrogen-bond acceptors (Lipinski definition) is 6. The third kappa shape index (κ3) is 7.79. The summed E-state index contributed by atoms with van der Waals surface area (Å²) in [5.74, 6) is -0.186. The van der Waals surface area contributed by atoms with Gasteiger partial charge in [0.2, 0.25) is 5.91 Å². The molecule has 0 saturated heterocycles. The smallest absolute Gasteiger partial charge is 0.344 e. The Balaban J connectivity index is 2.01. The number of rotatable bonds is 10. The number of esters is 1. The highest BCUT2D eigenvalue weighted by Crippen LogP contribution is 2.24. The van der Waals surface area contributed by atoms with Crippen LogP contribution in [0.2, 0.25) is 0 Å². The Labute approximate surface area is 180 Å². The van der Waals surface area contributed by atoms with E-state index in [0.29, 0.717) is 21.9 Å². The topological polar surface area (TPSA) is 93.7 Å². The molecule has 0 aromatic heterocycles. The molecule has 0 radical (unpaired) electrons. The molecule has 0 unspecified atom stereocenters. The highest BCUT2D eigenvalue weighted by molar-refractivity contribution is 8.00. The Bertz CT molecular complexity index is 885. The predicted octanol–water partition coefficient (Wildman–Crippen LogP) is 3.50. The minimum absolute atomic E-state index is 0.0648. The molecule has 2 aromatic rings. The highest BCUT2D eigenvalue weighted by atomic mass is 32.2. The van der Waals surface area contributed by atoms with Gasteiger partial charge < -0.3 is 20.1 Å². The summed E-state index contributed by atoms with van der Waals surface area (Å²) in [6.07, 6.45) is 0. The first-order valence-electron chi connectivity index (χ1n) is 9.60. The Morgan fingerprint density at radius 1 is 1.07 bits per heavy atom. The van der Waals surface area contributed by atoms with Gasteiger partial charge in [0, 0.05) is 22.7 Å². The molecule has 0 spiro atoms. The largest absolute Gasteiger partial charge is 0.482 e. The molecule has 0 aliphatic rings. The quantitative estimate of drug-likeness (QED) is 0.443. The maximum absolute atomic E-state index is 12.8. The van der Waals surface area contributed by atoms with Crippen molar-refractivity contribution in [3.05, 3.63) is 54.1 Å². The van der Waals surface area contributed by atoms with Crippen LogP contribution in [0.4, 0.5) is 5.69 Å². The number of ether oxygens (including phenoxy) is 2. The lowest BCUT2D eigenvalue weighted by Gasteiger charge is -2.12. The lowest BCUT2D eigenvalue weighted by Crippen LogP contribution is -2.31. The number of carbonyl (C=O) groups excluding carboxylic acids is 3. The zero-order chi connectivity index (χ0) is 21.9. The summed E-state index contributed by atoms with van der Waals surface area (Å²) in [5.41, 5.74) is 0.997. The summed E-state index contributed by atoms with van der Waals surface area (Å²) >= 11 is 1.31. The van der Waals surface area contributed by atoms with Gasteiger partial charge in [-0.1, -0.05) is 18.2 Å². The van der Waals surface area contributed by atoms with Crippen LogP contribution in [-0.4, -0.2) is 42.8 Å². The van der Waals surface area contributed by atoms with Gasteiger partial charge in [-0.2, -0.15) is 0 Å². The van der Waals surface area contributed by atoms with Crippen LogP contribution in [0.25, 0.3) is 0 Å². The second-order valence-corrected chi connectivity index (χ2v) is 7.60. The summed E-state index contributed by atoms with van der Waals surface area (Å²) in [6.45, 7) is 5.60. The zero-order valence-corrected chi connectivity index (χ0v) is 18.1. The molecule has 0 aliphatic carbocycles. The van der Waals surface area contributed by atoms with Crippen molar-refractivity contribution in [3.63, 3.8) is 0 Å². The predicted molar refractivity (Wildman–Crippen MR) is 117 cm³/mol. The normalized spacial score (nSPS) is 10.4. The maximum atomic E-state index is 12.8. The number of anilines is 1. The fourth-order valence-corrected chi connectivity index (χ4v) is 3.35. The monoisotopic (exact) mass is 430 g/mol. The molecule has 160 valence electrons. The van der Waals surface area contributed by atoms with E-state index in [0.717, 1.165) is 0 Å². The number of nitrogens with one attached hydrogen (secondary N) is 2. The van der Waals surface area contributed by atoms with Gasteiger partial charge in [0.1, 0.15) is 5.75 Å². The SMILES string of the molecule is CCOC(=O)COc1cccc(NC(=O)c2ccccc2SCC(=O)NC(C)C)c1. The summed E-state index contributed by atoms with van der Waals surface area (Å²) in [4.78, 5) is 36.8. The van der Waals surface area contributed by atoms with Gasteiger partial charge in [-0.05, 0) is 45.0 Å². The molecule has 7 nitrogen and oxygen atoms in total. The van der Waals surface area contributed by atoms with Crippen molar-refractivity contribution < 1.29 is 23.9 Å². The molecule has 0 saturated carbocycles. The summed E-state index contributed by atoms with van der Waals surface area (Å²) in [6, 6.07) is 13.9. The van der Waals surface area contributed by atoms with E-state index in [1.807, 2.05) is 19.9 Å². The molecule has 0 fully saturated rings. The Morgan fingerprint density at radius 2 is 1.83 bits per heavy atom. The van der Waals surface area contributed by atoms with E-state index in [1.54, 1.807) is 49.4 Å². The summed E-state index contributed by atoms with van der Waals surface area (Å²) in [5, 5.41) is 5.65. The Hall–Kier alpha value is -3.00. The molecular formula is C22H26N2O5S. The van der Waals surface area contributed by atoms with E-state index in [9.17, 15) is 14.4 Å². The molecule has 8 heteroatoms. The lowest BCUT2D eigenvalue weighted by atomic mass is 10.2. The second kappa shape index (κ2) is 11.9. The van der Waals surface area contributed by atoms with Gasteiger partial charge in [-0.15, -0.1) is 11.8 Å². The number of amides is 2. The van der Waals surface area contributed by atoms with E-state index in [-0.39, 0.29) is 36.8 Å². The number of carbonyl (C=O) groups is 3. The standard InChI is InChI=1S/C22H26N2O5S/c1-4-28-21(26)13-29-17-9-7-8-16(12-17)24-22(27)18-10-5-6-11-19(18)30-14-20(25)23-15(2)3/h5-12,15H,4,13-14H2,1-3H3,(H,23,25)(H,24,27). The molecule has 30 heavy (non-hydrogen) atoms. The van der Waals surface area contributed by atoms with Crippen molar-refractivity contribution in [2.45, 2.75) is 31.7 Å². The molecule has 2 N–H and O–H groups in total. The average Bonchev–Trinajstić information content (AvgIpc) is 2.71. The Morgan fingerprint density at radius 3 is 2.57 bits per heavy atom. The van der Waals surface area contributed by atoms with E-state index in [4.69, 9.17) is 9.47 Å². The average molecular weight is 431 g/mol. The maximum Gasteiger partial charge on any atom is 0.344 e. The lowest BCUT2D eigenvalue weighted by molar-refractivity contribution is -0.145. The van der Waals surface area contributed by atoms with Gasteiger partial charge in [0.05, 0.1) is 17.9 Å². The number of benzene rings is 2. The van der Waals surface area contributed by atoms with Crippen LogP contribution >= 0.6 is 11.8 Å². The molecular weight excluding hydrogens is 404 g/mol. The van der Waals surface area contributed by atoms with Crippen LogP contribution in [0.3, 0.4) is 0 Å². The van der Waals surface area contributed by atoms with Gasteiger partial charge >= 0.3 is 5.97 Å². The third-order valence-electron chi connectivity index (χ3n) is 3.69. The van der Waals surface area contributed by atoms with E-state index in [1.165, 1.54) is 11.8 Å². The first kappa shape index (κ1) is 23.3. The van der Waals surface area contributed by atoms with Crippen LogP contribution in [0.1, 0.15) is 31.1 Å². The van der Waals surface area contributed by atoms with Crippen LogP contribution in [-0.2, 0) is 14.3 Å². The van der Waals surface area contributed by atoms with Crippen LogP contribution < -0.4 is 15.4 Å². The molecule has 0 atom stereocenters. The zero-order valence-electron chi connectivity index (χ0n) is 17.3. The molecule has 0 heterocycles. The van der Waals surface area contributed by atoms with Gasteiger partial charge in [0.25, 0.3) is 5.91 Å². The molecule has 2 rings (SSSR count). The van der Waals surface area contributed by atoms with Gasteiger partial charge in [-0.25, -0.2) is 4.79 Å². The minimum atomic E-state index is -0.459. The van der Waals surface area contributed by atoms with E-state index in [2.05, 4.69) is 10.6 Å². The second-order valence-electron chi connectivity index (χ2n) is 6.58. The van der Waals surface area contributed by atoms with Gasteiger partial charge in [0.15, 0.2) is 6.61 Å². The fourth-order valence-electron chi connectivity index (χ4n) is 2.49. The van der Waals surface area contributed by atoms with E-state index < -0.39 is 5.97 Å². The van der Waals surface area contributed by atoms with Crippen molar-refractivity contribution in [1.29, 1.82) is 0 Å². The first-order valence-corrected chi connectivity index (χ1v) is 10.6. The minimum Gasteiger partial charge on any atom is -0.482 e. The fraction of sp³-hybridized carbons (Fsp3) is 0.318. The first-order chi connectivity index (χ1) is 14.4. The number of thioether (sulfide) groups is 1. The van der Waals surface area contributed by atoms with Crippen LogP contribution in [0.5, 0.6) is 5.75 Å². The molecule has 2 aromatic carbocycles. The van der Waals surface area contributed by atoms with Gasteiger partial charge in [-0.3, -0.25) is 9.59 Å². The van der Waals surface area contributed by atoms with Crippen molar-refractivity contribution >= 4 is 35.2 Å². The molecule has 2 amide bonds. The van der Waals surface area contributed by atoms with Crippen molar-refractivity contribution in [1.82, 2.24) is 5.32 Å². The summed E-state index contributed by atoms with van der Waals surface area (Å²) < 4.78 is 10.2. The third-order valence-corrected chi connectivity index (χ3v) is 4.77. The summed E-state index contributed by atoms with van der Waals surface area (Å²) in [7, 11) is 0. The van der Waals surface area contributed by atoms with E-state index >= 15 is 0 Å². The molecule has 0 aliphatic heterocycles. The molecule has 0 bridgehead atoms. The Kier molecular flexibility index (Phi) is 9.21. The van der Waals surface area contributed by atoms with Crippen LogP contribution in [0.15, 0.2) is 53.4 Å².